The van der Waals surface area contributed by atoms with Crippen LogP contribution < -0.4 is 0 Å². The number of carbonyl (C=O) groups excluding carboxylic acids is 1. The minimum Gasteiger partial charge on any atom is -0.478 e. The summed E-state index contributed by atoms with van der Waals surface area (Å²) in [7, 11) is 5.22. The van der Waals surface area contributed by atoms with Crippen molar-refractivity contribution in [1.82, 2.24) is 14.8 Å². The zero-order valence-electron chi connectivity index (χ0n) is 10.8. The molecule has 0 fully saturated rings. The Kier molecular flexibility index (Phi) is 4.79. The second kappa shape index (κ2) is 6.11. The summed E-state index contributed by atoms with van der Waals surface area (Å²) >= 11 is 0. The average molecular weight is 251 g/mol. The van der Waals surface area contributed by atoms with Crippen molar-refractivity contribution >= 4 is 11.9 Å². The summed E-state index contributed by atoms with van der Waals surface area (Å²) in [5, 5.41) is 8.74. The van der Waals surface area contributed by atoms with Crippen LogP contribution in [0.15, 0.2) is 18.3 Å². The summed E-state index contributed by atoms with van der Waals surface area (Å²) in [4.78, 5) is 29.5. The van der Waals surface area contributed by atoms with Crippen molar-refractivity contribution in [2.24, 2.45) is 0 Å². The van der Waals surface area contributed by atoms with Gasteiger partial charge in [-0.25, -0.2) is 4.79 Å². The maximum atomic E-state index is 11.5. The van der Waals surface area contributed by atoms with Crippen LogP contribution in [-0.2, 0) is 11.3 Å². The molecule has 0 aromatic carbocycles. The van der Waals surface area contributed by atoms with Gasteiger partial charge in [0.2, 0.25) is 5.91 Å². The van der Waals surface area contributed by atoms with Crippen molar-refractivity contribution in [3.8, 4) is 0 Å². The highest BCUT2D eigenvalue weighted by molar-refractivity contribution is 5.87. The molecule has 1 rings (SSSR count). The van der Waals surface area contributed by atoms with Gasteiger partial charge >= 0.3 is 5.97 Å². The molecule has 0 aliphatic rings. The highest BCUT2D eigenvalue weighted by Gasteiger charge is 2.10. The van der Waals surface area contributed by atoms with Crippen LogP contribution in [0.1, 0.15) is 16.1 Å². The van der Waals surface area contributed by atoms with Gasteiger partial charge in [-0.2, -0.15) is 0 Å². The number of hydrogen-bond acceptors (Lipinski definition) is 4. The second-order valence-electron chi connectivity index (χ2n) is 4.30. The van der Waals surface area contributed by atoms with E-state index in [2.05, 4.69) is 4.98 Å². The average Bonchev–Trinajstić information content (AvgIpc) is 2.29. The Morgan fingerprint density at radius 3 is 2.39 bits per heavy atom. The van der Waals surface area contributed by atoms with E-state index in [-0.39, 0.29) is 11.5 Å². The Balaban J connectivity index is 2.57. The van der Waals surface area contributed by atoms with Gasteiger partial charge in [0, 0.05) is 26.8 Å². The Morgan fingerprint density at radius 1 is 1.28 bits per heavy atom. The molecule has 0 bridgehead atoms. The fourth-order valence-corrected chi connectivity index (χ4v) is 1.35. The highest BCUT2D eigenvalue weighted by Crippen LogP contribution is 2.03. The van der Waals surface area contributed by atoms with Gasteiger partial charge in [0.1, 0.15) is 0 Å². The van der Waals surface area contributed by atoms with Gasteiger partial charge < -0.3 is 10.0 Å². The number of hydrogen-bond donors (Lipinski definition) is 1. The molecule has 0 aliphatic heterocycles. The standard InChI is InChI=1S/C12H17N3O3/c1-14(2)11(16)8-15(3)7-10-5-4-9(6-13-10)12(17)18/h4-6H,7-8H2,1-3H3,(H,17,18). The van der Waals surface area contributed by atoms with Gasteiger partial charge in [-0.1, -0.05) is 0 Å². The van der Waals surface area contributed by atoms with E-state index >= 15 is 0 Å². The monoisotopic (exact) mass is 251 g/mol. The van der Waals surface area contributed by atoms with E-state index in [1.807, 2.05) is 11.9 Å². The molecular formula is C12H17N3O3. The van der Waals surface area contributed by atoms with Crippen molar-refractivity contribution in [3.63, 3.8) is 0 Å². The Morgan fingerprint density at radius 2 is 1.94 bits per heavy atom. The van der Waals surface area contributed by atoms with E-state index in [1.54, 1.807) is 20.2 Å². The predicted molar refractivity (Wildman–Crippen MR) is 66.2 cm³/mol. The zero-order valence-corrected chi connectivity index (χ0v) is 10.8. The lowest BCUT2D eigenvalue weighted by molar-refractivity contribution is -0.129. The van der Waals surface area contributed by atoms with Crippen molar-refractivity contribution in [3.05, 3.63) is 29.6 Å². The normalized spacial score (nSPS) is 10.4. The quantitative estimate of drug-likeness (QED) is 0.814. The molecule has 18 heavy (non-hydrogen) atoms. The third-order valence-corrected chi connectivity index (χ3v) is 2.41. The molecule has 0 spiro atoms. The van der Waals surface area contributed by atoms with Crippen molar-refractivity contribution in [1.29, 1.82) is 0 Å². The number of aromatic carboxylic acids is 1. The summed E-state index contributed by atoms with van der Waals surface area (Å²) in [6.45, 7) is 0.800. The Labute approximate surface area is 106 Å². The first-order chi connectivity index (χ1) is 8.40. The van der Waals surface area contributed by atoms with Gasteiger partial charge in [-0.05, 0) is 19.2 Å². The van der Waals surface area contributed by atoms with Gasteiger partial charge in [-0.3, -0.25) is 14.7 Å². The molecule has 1 aromatic rings. The maximum Gasteiger partial charge on any atom is 0.337 e. The van der Waals surface area contributed by atoms with Crippen LogP contribution in [0, 0.1) is 0 Å². The molecular weight excluding hydrogens is 234 g/mol. The SMILES string of the molecule is CN(CC(=O)N(C)C)Cc1ccc(C(=O)O)cn1. The van der Waals surface area contributed by atoms with Crippen LogP contribution in [0.3, 0.4) is 0 Å². The van der Waals surface area contributed by atoms with Crippen LogP contribution in [0.25, 0.3) is 0 Å². The number of aromatic nitrogens is 1. The second-order valence-corrected chi connectivity index (χ2v) is 4.30. The topological polar surface area (TPSA) is 73.7 Å². The summed E-state index contributed by atoms with van der Waals surface area (Å²) in [6.07, 6.45) is 1.32. The molecule has 1 aromatic heterocycles. The highest BCUT2D eigenvalue weighted by atomic mass is 16.4. The summed E-state index contributed by atoms with van der Waals surface area (Å²) in [5.74, 6) is -0.982. The van der Waals surface area contributed by atoms with E-state index < -0.39 is 5.97 Å². The molecule has 0 atom stereocenters. The Bertz CT molecular complexity index is 429. The number of carbonyl (C=O) groups is 2. The van der Waals surface area contributed by atoms with Gasteiger partial charge in [-0.15, -0.1) is 0 Å². The van der Waals surface area contributed by atoms with Crippen LogP contribution in [-0.4, -0.2) is 59.5 Å². The van der Waals surface area contributed by atoms with E-state index in [4.69, 9.17) is 5.11 Å². The maximum absolute atomic E-state index is 11.5. The minimum absolute atomic E-state index is 0.0136. The van der Waals surface area contributed by atoms with E-state index in [0.717, 1.165) is 5.69 Å². The van der Waals surface area contributed by atoms with Crippen molar-refractivity contribution < 1.29 is 14.7 Å². The third kappa shape index (κ3) is 4.14. The minimum atomic E-state index is -0.995. The molecule has 0 radical (unpaired) electrons. The van der Waals surface area contributed by atoms with E-state index in [9.17, 15) is 9.59 Å². The first-order valence-electron chi connectivity index (χ1n) is 5.47. The number of rotatable bonds is 5. The molecule has 98 valence electrons. The molecule has 6 nitrogen and oxygen atoms in total. The molecule has 1 heterocycles. The lowest BCUT2D eigenvalue weighted by Crippen LogP contribution is -2.34. The number of carboxylic acid groups (broad SMARTS) is 1. The fourth-order valence-electron chi connectivity index (χ4n) is 1.35. The first-order valence-corrected chi connectivity index (χ1v) is 5.47. The number of nitrogens with zero attached hydrogens (tertiary/aromatic N) is 3. The Hall–Kier alpha value is -1.95. The molecule has 1 N–H and O–H groups in total. The van der Waals surface area contributed by atoms with Crippen LogP contribution in [0.5, 0.6) is 0 Å². The summed E-state index contributed by atoms with van der Waals surface area (Å²) < 4.78 is 0. The lowest BCUT2D eigenvalue weighted by atomic mass is 10.2. The van der Waals surface area contributed by atoms with Crippen LogP contribution >= 0.6 is 0 Å². The van der Waals surface area contributed by atoms with E-state index in [1.165, 1.54) is 17.2 Å². The van der Waals surface area contributed by atoms with Crippen molar-refractivity contribution in [2.75, 3.05) is 27.7 Å². The van der Waals surface area contributed by atoms with Crippen LogP contribution in [0.4, 0.5) is 0 Å². The number of likely N-dealkylation sites (N-methyl/N-ethyl adjacent to an activating group) is 2. The molecule has 0 aliphatic carbocycles. The molecule has 1 amide bonds. The van der Waals surface area contributed by atoms with Gasteiger partial charge in [0.05, 0.1) is 17.8 Å². The largest absolute Gasteiger partial charge is 0.478 e. The smallest absolute Gasteiger partial charge is 0.337 e. The van der Waals surface area contributed by atoms with E-state index in [0.29, 0.717) is 13.1 Å². The number of pyridine rings is 1. The van der Waals surface area contributed by atoms with Crippen LogP contribution in [0.2, 0.25) is 0 Å². The molecule has 0 saturated carbocycles. The number of carboxylic acids is 1. The zero-order chi connectivity index (χ0) is 13.7. The molecule has 6 heteroatoms. The van der Waals surface area contributed by atoms with Gasteiger partial charge in [0.15, 0.2) is 0 Å². The first kappa shape index (κ1) is 14.1. The number of amides is 1. The fraction of sp³-hybridized carbons (Fsp3) is 0.417. The molecule has 0 saturated heterocycles. The molecule has 0 unspecified atom stereocenters. The predicted octanol–water partition coefficient (Wildman–Crippen LogP) is 0.300. The summed E-state index contributed by atoms with van der Waals surface area (Å²) in [6, 6.07) is 3.16. The van der Waals surface area contributed by atoms with Gasteiger partial charge in [0.25, 0.3) is 0 Å². The van der Waals surface area contributed by atoms with Crippen molar-refractivity contribution in [2.45, 2.75) is 6.54 Å². The summed E-state index contributed by atoms with van der Waals surface area (Å²) in [5.41, 5.74) is 0.889. The third-order valence-electron chi connectivity index (χ3n) is 2.41. The lowest BCUT2D eigenvalue weighted by Gasteiger charge is -2.18.